The van der Waals surface area contributed by atoms with E-state index in [1.54, 1.807) is 12.1 Å². The highest BCUT2D eigenvalue weighted by atomic mass is 16.7. The molecule has 0 radical (unpaired) electrons. The molecule has 0 N–H and O–H groups in total. The minimum atomic E-state index is -1.19. The van der Waals surface area contributed by atoms with E-state index in [9.17, 15) is 14.4 Å². The van der Waals surface area contributed by atoms with E-state index in [1.807, 2.05) is 6.07 Å². The first-order valence-electron chi connectivity index (χ1n) is 5.70. The maximum atomic E-state index is 11.9. The predicted octanol–water partition coefficient (Wildman–Crippen LogP) is 1.04. The standard InChI is InChI=1S/C13H8N2O4/c14-7-13(5-6-13)12(18)19-15-10(16)8-3-1-2-4-9(8)11(15)17/h1-4H,5-6H2. The molecule has 0 saturated heterocycles. The smallest absolute Gasteiger partial charge is 0.328 e. The van der Waals surface area contributed by atoms with Gasteiger partial charge >= 0.3 is 5.97 Å². The number of carbonyl (C=O) groups is 3. The van der Waals surface area contributed by atoms with Crippen LogP contribution in [0.3, 0.4) is 0 Å². The molecule has 0 aromatic heterocycles. The Bertz CT molecular complexity index is 620. The van der Waals surface area contributed by atoms with Crippen molar-refractivity contribution in [2.75, 3.05) is 0 Å². The van der Waals surface area contributed by atoms with Crippen LogP contribution in [-0.4, -0.2) is 22.8 Å². The van der Waals surface area contributed by atoms with Crippen molar-refractivity contribution in [3.8, 4) is 6.07 Å². The van der Waals surface area contributed by atoms with Crippen molar-refractivity contribution in [2.24, 2.45) is 5.41 Å². The number of carbonyl (C=O) groups excluding carboxylic acids is 3. The molecular formula is C13H8N2O4. The van der Waals surface area contributed by atoms with Gasteiger partial charge in [-0.1, -0.05) is 17.2 Å². The summed E-state index contributed by atoms with van der Waals surface area (Å²) < 4.78 is 0. The van der Waals surface area contributed by atoms with Crippen LogP contribution in [0, 0.1) is 16.7 Å². The normalized spacial score (nSPS) is 18.8. The highest BCUT2D eigenvalue weighted by molar-refractivity contribution is 6.21. The lowest BCUT2D eigenvalue weighted by Gasteiger charge is -2.14. The van der Waals surface area contributed by atoms with Crippen molar-refractivity contribution < 1.29 is 19.2 Å². The summed E-state index contributed by atoms with van der Waals surface area (Å²) in [5.41, 5.74) is -0.792. The summed E-state index contributed by atoms with van der Waals surface area (Å²) in [6.45, 7) is 0. The number of hydrogen-bond acceptors (Lipinski definition) is 5. The van der Waals surface area contributed by atoms with E-state index in [1.165, 1.54) is 12.1 Å². The van der Waals surface area contributed by atoms with Crippen LogP contribution in [0.4, 0.5) is 0 Å². The van der Waals surface area contributed by atoms with Crippen LogP contribution in [0.5, 0.6) is 0 Å². The predicted molar refractivity (Wildman–Crippen MR) is 60.3 cm³/mol. The number of rotatable bonds is 2. The number of benzene rings is 1. The molecule has 1 aliphatic heterocycles. The van der Waals surface area contributed by atoms with Gasteiger partial charge < -0.3 is 4.84 Å². The van der Waals surface area contributed by atoms with Crippen LogP contribution in [-0.2, 0) is 9.63 Å². The number of hydroxylamine groups is 2. The molecule has 3 rings (SSSR count). The number of amides is 2. The molecule has 0 spiro atoms. The van der Waals surface area contributed by atoms with Crippen molar-refractivity contribution in [3.63, 3.8) is 0 Å². The summed E-state index contributed by atoms with van der Waals surface area (Å²) in [4.78, 5) is 40.4. The number of hydrogen-bond donors (Lipinski definition) is 0. The van der Waals surface area contributed by atoms with Crippen LogP contribution in [0.1, 0.15) is 33.6 Å². The molecule has 1 aromatic rings. The lowest BCUT2D eigenvalue weighted by atomic mass is 10.1. The first-order valence-corrected chi connectivity index (χ1v) is 5.70. The zero-order valence-electron chi connectivity index (χ0n) is 9.75. The monoisotopic (exact) mass is 256 g/mol. The summed E-state index contributed by atoms with van der Waals surface area (Å²) in [6, 6.07) is 8.06. The third-order valence-corrected chi connectivity index (χ3v) is 3.29. The van der Waals surface area contributed by atoms with Crippen molar-refractivity contribution in [1.29, 1.82) is 5.26 Å². The summed E-state index contributed by atoms with van der Waals surface area (Å²) in [6.07, 6.45) is 0.789. The summed E-state index contributed by atoms with van der Waals surface area (Å²) in [5, 5.41) is 9.30. The van der Waals surface area contributed by atoms with Crippen LogP contribution in [0.15, 0.2) is 24.3 Å². The van der Waals surface area contributed by atoms with Gasteiger partial charge in [-0.15, -0.1) is 0 Å². The lowest BCUT2D eigenvalue weighted by molar-refractivity contribution is -0.173. The van der Waals surface area contributed by atoms with E-state index in [-0.39, 0.29) is 11.1 Å². The fourth-order valence-corrected chi connectivity index (χ4v) is 1.91. The second-order valence-electron chi connectivity index (χ2n) is 4.52. The highest BCUT2D eigenvalue weighted by Crippen LogP contribution is 2.46. The molecule has 1 aliphatic carbocycles. The van der Waals surface area contributed by atoms with Crippen molar-refractivity contribution in [2.45, 2.75) is 12.8 Å². The zero-order chi connectivity index (χ0) is 13.6. The first-order chi connectivity index (χ1) is 9.09. The molecule has 1 heterocycles. The second-order valence-corrected chi connectivity index (χ2v) is 4.52. The summed E-state index contributed by atoms with van der Waals surface area (Å²) >= 11 is 0. The molecule has 2 aliphatic rings. The molecule has 1 saturated carbocycles. The summed E-state index contributed by atoms with van der Waals surface area (Å²) in [5.74, 6) is -2.20. The fourth-order valence-electron chi connectivity index (χ4n) is 1.91. The Morgan fingerprint density at radius 1 is 1.21 bits per heavy atom. The van der Waals surface area contributed by atoms with E-state index < -0.39 is 23.2 Å². The Balaban J connectivity index is 1.86. The summed E-state index contributed by atoms with van der Waals surface area (Å²) in [7, 11) is 0. The molecule has 19 heavy (non-hydrogen) atoms. The van der Waals surface area contributed by atoms with Crippen molar-refractivity contribution in [3.05, 3.63) is 35.4 Å². The third-order valence-electron chi connectivity index (χ3n) is 3.29. The van der Waals surface area contributed by atoms with Gasteiger partial charge in [-0.3, -0.25) is 9.59 Å². The van der Waals surface area contributed by atoms with E-state index in [0.29, 0.717) is 17.9 Å². The fraction of sp³-hybridized carbons (Fsp3) is 0.231. The van der Waals surface area contributed by atoms with Gasteiger partial charge in [0.1, 0.15) is 0 Å². The average Bonchev–Trinajstić information content (AvgIpc) is 3.20. The van der Waals surface area contributed by atoms with Crippen molar-refractivity contribution >= 4 is 17.8 Å². The number of nitrogens with zero attached hydrogens (tertiary/aromatic N) is 2. The Hall–Kier alpha value is -2.68. The van der Waals surface area contributed by atoms with Gasteiger partial charge in [-0.25, -0.2) is 4.79 Å². The molecule has 6 nitrogen and oxygen atoms in total. The van der Waals surface area contributed by atoms with Crippen LogP contribution >= 0.6 is 0 Å². The van der Waals surface area contributed by atoms with Crippen LogP contribution in [0.25, 0.3) is 0 Å². The van der Waals surface area contributed by atoms with Gasteiger partial charge in [0.05, 0.1) is 17.2 Å². The highest BCUT2D eigenvalue weighted by Gasteiger charge is 2.54. The quantitative estimate of drug-likeness (QED) is 0.738. The second kappa shape index (κ2) is 3.65. The Morgan fingerprint density at radius 3 is 2.16 bits per heavy atom. The zero-order valence-corrected chi connectivity index (χ0v) is 9.75. The minimum Gasteiger partial charge on any atom is -0.328 e. The molecule has 1 fully saturated rings. The van der Waals surface area contributed by atoms with Gasteiger partial charge in [-0.05, 0) is 25.0 Å². The molecule has 0 bridgehead atoms. The van der Waals surface area contributed by atoms with Gasteiger partial charge in [0, 0.05) is 0 Å². The molecule has 0 unspecified atom stereocenters. The maximum absolute atomic E-state index is 11.9. The Labute approximate surface area is 108 Å². The first kappa shape index (κ1) is 11.4. The van der Waals surface area contributed by atoms with Gasteiger partial charge in [-0.2, -0.15) is 5.26 Å². The minimum absolute atomic E-state index is 0.196. The third kappa shape index (κ3) is 1.52. The maximum Gasteiger partial charge on any atom is 0.353 e. The van der Waals surface area contributed by atoms with Crippen LogP contribution < -0.4 is 0 Å². The lowest BCUT2D eigenvalue weighted by Crippen LogP contribution is -2.35. The number of nitriles is 1. The number of imide groups is 1. The van der Waals surface area contributed by atoms with E-state index in [0.717, 1.165) is 0 Å². The van der Waals surface area contributed by atoms with Gasteiger partial charge in [0.2, 0.25) is 0 Å². The number of fused-ring (bicyclic) bond motifs is 1. The average molecular weight is 256 g/mol. The SMILES string of the molecule is N#CC1(C(=O)ON2C(=O)c3ccccc3C2=O)CC1. The molecule has 94 valence electrons. The largest absolute Gasteiger partial charge is 0.353 e. The van der Waals surface area contributed by atoms with Crippen LogP contribution in [0.2, 0.25) is 0 Å². The van der Waals surface area contributed by atoms with E-state index >= 15 is 0 Å². The molecule has 6 heteroatoms. The van der Waals surface area contributed by atoms with Gasteiger partial charge in [0.25, 0.3) is 11.8 Å². The van der Waals surface area contributed by atoms with Gasteiger partial charge in [0.15, 0.2) is 5.41 Å². The molecule has 0 atom stereocenters. The topological polar surface area (TPSA) is 87.5 Å². The van der Waals surface area contributed by atoms with E-state index in [2.05, 4.69) is 0 Å². The molecular weight excluding hydrogens is 248 g/mol. The molecule has 2 amide bonds. The van der Waals surface area contributed by atoms with Crippen molar-refractivity contribution in [1.82, 2.24) is 5.06 Å². The molecule has 1 aromatic carbocycles. The Kier molecular flexibility index (Phi) is 2.20. The Morgan fingerprint density at radius 2 is 1.74 bits per heavy atom. The van der Waals surface area contributed by atoms with E-state index in [4.69, 9.17) is 10.1 Å².